The molecule has 0 saturated carbocycles. The van der Waals surface area contributed by atoms with Crippen molar-refractivity contribution in [1.82, 2.24) is 9.29 Å². The standard InChI is InChI=1S/C24H22N2O5S2/c1-16(18-7-10-21-22(13-18)31-12-11-30-21)25-33(28,29)19-8-9-20-23(14-19)32-24(27)26(20)15-17-5-3-2-4-6-17/h2-10,13-14,16,25H,11-12,15H2,1H3. The Morgan fingerprint density at radius 3 is 2.55 bits per heavy atom. The molecule has 0 spiro atoms. The summed E-state index contributed by atoms with van der Waals surface area (Å²) in [6.45, 7) is 3.17. The molecular weight excluding hydrogens is 460 g/mol. The lowest BCUT2D eigenvalue weighted by Crippen LogP contribution is -2.27. The van der Waals surface area contributed by atoms with Gasteiger partial charge in [0.05, 0.1) is 21.7 Å². The molecule has 1 aliphatic heterocycles. The average molecular weight is 483 g/mol. The first-order valence-corrected chi connectivity index (χ1v) is 12.8. The number of nitrogens with one attached hydrogen (secondary N) is 1. The molecule has 4 aromatic rings. The zero-order chi connectivity index (χ0) is 23.0. The fraction of sp³-hybridized carbons (Fsp3) is 0.208. The van der Waals surface area contributed by atoms with Crippen LogP contribution in [0.5, 0.6) is 11.5 Å². The molecule has 0 fully saturated rings. The van der Waals surface area contributed by atoms with Crippen molar-refractivity contribution < 1.29 is 17.9 Å². The second-order valence-electron chi connectivity index (χ2n) is 7.82. The molecule has 0 amide bonds. The Morgan fingerprint density at radius 1 is 1.00 bits per heavy atom. The summed E-state index contributed by atoms with van der Waals surface area (Å²) in [5.41, 5.74) is 2.49. The van der Waals surface area contributed by atoms with Crippen molar-refractivity contribution in [2.24, 2.45) is 0 Å². The van der Waals surface area contributed by atoms with Crippen molar-refractivity contribution >= 4 is 31.6 Å². The molecule has 1 N–H and O–H groups in total. The van der Waals surface area contributed by atoms with Crippen LogP contribution in [-0.2, 0) is 16.6 Å². The molecule has 1 atom stereocenters. The monoisotopic (exact) mass is 482 g/mol. The van der Waals surface area contributed by atoms with Crippen LogP contribution in [0.4, 0.5) is 0 Å². The maximum atomic E-state index is 13.1. The SMILES string of the molecule is CC(NS(=O)(=O)c1ccc2c(c1)sc(=O)n2Cc1ccccc1)c1ccc2c(c1)OCCO2. The third kappa shape index (κ3) is 4.39. The topological polar surface area (TPSA) is 86.6 Å². The maximum absolute atomic E-state index is 13.1. The highest BCUT2D eigenvalue weighted by atomic mass is 32.2. The highest BCUT2D eigenvalue weighted by Gasteiger charge is 2.22. The first-order chi connectivity index (χ1) is 15.9. The van der Waals surface area contributed by atoms with Gasteiger partial charge in [-0.15, -0.1) is 0 Å². The van der Waals surface area contributed by atoms with Crippen LogP contribution < -0.4 is 19.1 Å². The van der Waals surface area contributed by atoms with Crippen LogP contribution in [0.1, 0.15) is 24.1 Å². The minimum absolute atomic E-state index is 0.118. The number of hydrogen-bond acceptors (Lipinski definition) is 6. The van der Waals surface area contributed by atoms with Gasteiger partial charge in [-0.2, -0.15) is 0 Å². The van der Waals surface area contributed by atoms with Crippen molar-refractivity contribution in [3.05, 3.63) is 87.5 Å². The van der Waals surface area contributed by atoms with Crippen molar-refractivity contribution in [3.8, 4) is 11.5 Å². The van der Waals surface area contributed by atoms with Gasteiger partial charge in [0.2, 0.25) is 10.0 Å². The van der Waals surface area contributed by atoms with Crippen LogP contribution in [0, 0.1) is 0 Å². The quantitative estimate of drug-likeness (QED) is 0.450. The van der Waals surface area contributed by atoms with Crippen LogP contribution in [0.3, 0.4) is 0 Å². The second-order valence-corrected chi connectivity index (χ2v) is 10.5. The Morgan fingerprint density at radius 2 is 1.76 bits per heavy atom. The third-order valence-corrected chi connectivity index (χ3v) is 8.01. The molecule has 0 saturated heterocycles. The number of ether oxygens (including phenoxy) is 2. The van der Waals surface area contributed by atoms with E-state index < -0.39 is 16.1 Å². The molecule has 1 aliphatic rings. The minimum Gasteiger partial charge on any atom is -0.486 e. The van der Waals surface area contributed by atoms with Gasteiger partial charge in [0.25, 0.3) is 0 Å². The number of sulfonamides is 1. The van der Waals surface area contributed by atoms with Gasteiger partial charge in [0, 0.05) is 6.04 Å². The number of thiazole rings is 1. The van der Waals surface area contributed by atoms with E-state index in [-0.39, 0.29) is 9.77 Å². The molecule has 9 heteroatoms. The molecule has 7 nitrogen and oxygen atoms in total. The number of benzene rings is 3. The van der Waals surface area contributed by atoms with Crippen molar-refractivity contribution in [2.75, 3.05) is 13.2 Å². The first kappa shape index (κ1) is 21.7. The molecule has 170 valence electrons. The minimum atomic E-state index is -3.81. The summed E-state index contributed by atoms with van der Waals surface area (Å²) in [7, 11) is -3.81. The smallest absolute Gasteiger partial charge is 0.308 e. The molecule has 5 rings (SSSR count). The van der Waals surface area contributed by atoms with E-state index in [9.17, 15) is 13.2 Å². The zero-order valence-electron chi connectivity index (χ0n) is 17.9. The van der Waals surface area contributed by atoms with E-state index in [0.29, 0.717) is 41.5 Å². The molecule has 0 aliphatic carbocycles. The van der Waals surface area contributed by atoms with E-state index in [1.54, 1.807) is 35.8 Å². The Bertz CT molecular complexity index is 1480. The maximum Gasteiger partial charge on any atom is 0.308 e. The van der Waals surface area contributed by atoms with Gasteiger partial charge in [-0.1, -0.05) is 47.7 Å². The summed E-state index contributed by atoms with van der Waals surface area (Å²) >= 11 is 1.04. The lowest BCUT2D eigenvalue weighted by atomic mass is 10.1. The Labute approximate surface area is 195 Å². The van der Waals surface area contributed by atoms with Gasteiger partial charge in [0.1, 0.15) is 13.2 Å². The summed E-state index contributed by atoms with van der Waals surface area (Å²) in [5.74, 6) is 1.26. The highest BCUT2D eigenvalue weighted by molar-refractivity contribution is 7.89. The van der Waals surface area contributed by atoms with E-state index in [1.807, 2.05) is 36.4 Å². The van der Waals surface area contributed by atoms with Crippen LogP contribution >= 0.6 is 11.3 Å². The van der Waals surface area contributed by atoms with Crippen LogP contribution in [0.2, 0.25) is 0 Å². The number of aromatic nitrogens is 1. The van der Waals surface area contributed by atoms with Crippen LogP contribution in [0.15, 0.2) is 76.4 Å². The molecule has 1 unspecified atom stereocenters. The normalized spacial score (nSPS) is 14.3. The Hall–Kier alpha value is -3.14. The van der Waals surface area contributed by atoms with Crippen molar-refractivity contribution in [1.29, 1.82) is 0 Å². The lowest BCUT2D eigenvalue weighted by molar-refractivity contribution is 0.171. The van der Waals surface area contributed by atoms with Gasteiger partial charge in [-0.05, 0) is 48.4 Å². The van der Waals surface area contributed by atoms with E-state index in [1.165, 1.54) is 6.07 Å². The largest absolute Gasteiger partial charge is 0.486 e. The summed E-state index contributed by atoms with van der Waals surface area (Å²) < 4.78 is 42.3. The van der Waals surface area contributed by atoms with E-state index in [4.69, 9.17) is 9.47 Å². The first-order valence-electron chi connectivity index (χ1n) is 10.5. The molecule has 1 aromatic heterocycles. The highest BCUT2D eigenvalue weighted by Crippen LogP contribution is 2.33. The molecule has 2 heterocycles. The van der Waals surface area contributed by atoms with Crippen molar-refractivity contribution in [3.63, 3.8) is 0 Å². The molecule has 3 aromatic carbocycles. The van der Waals surface area contributed by atoms with Crippen LogP contribution in [0.25, 0.3) is 10.2 Å². The molecule has 33 heavy (non-hydrogen) atoms. The van der Waals surface area contributed by atoms with Gasteiger partial charge in [-0.3, -0.25) is 9.36 Å². The number of rotatable bonds is 6. The Kier molecular flexibility index (Phi) is 5.69. The number of hydrogen-bond donors (Lipinski definition) is 1. The van der Waals surface area contributed by atoms with Crippen molar-refractivity contribution in [2.45, 2.75) is 24.4 Å². The Balaban J connectivity index is 1.40. The summed E-state index contributed by atoms with van der Waals surface area (Å²) in [6, 6.07) is 19.4. The average Bonchev–Trinajstić information content (AvgIpc) is 3.13. The second kappa shape index (κ2) is 8.66. The van der Waals surface area contributed by atoms with Gasteiger partial charge in [-0.25, -0.2) is 13.1 Å². The van der Waals surface area contributed by atoms with Gasteiger partial charge in [0.15, 0.2) is 11.5 Å². The third-order valence-electron chi connectivity index (χ3n) is 5.53. The molecular formula is C24H22N2O5S2. The lowest BCUT2D eigenvalue weighted by Gasteiger charge is -2.21. The van der Waals surface area contributed by atoms with Gasteiger partial charge < -0.3 is 9.47 Å². The van der Waals surface area contributed by atoms with E-state index in [2.05, 4.69) is 4.72 Å². The predicted octanol–water partition coefficient (Wildman–Crippen LogP) is 3.92. The molecule has 0 bridgehead atoms. The summed E-state index contributed by atoms with van der Waals surface area (Å²) in [6.07, 6.45) is 0. The van der Waals surface area contributed by atoms with Crippen LogP contribution in [-0.4, -0.2) is 26.2 Å². The van der Waals surface area contributed by atoms with E-state index in [0.717, 1.165) is 22.5 Å². The van der Waals surface area contributed by atoms with E-state index >= 15 is 0 Å². The summed E-state index contributed by atoms with van der Waals surface area (Å²) in [4.78, 5) is 12.6. The fourth-order valence-corrected chi connectivity index (χ4v) is 6.09. The zero-order valence-corrected chi connectivity index (χ0v) is 19.5. The fourth-order valence-electron chi connectivity index (χ4n) is 3.83. The number of fused-ring (bicyclic) bond motifs is 2. The summed E-state index contributed by atoms with van der Waals surface area (Å²) in [5, 5.41) is 0. The number of nitrogens with zero attached hydrogens (tertiary/aromatic N) is 1. The van der Waals surface area contributed by atoms with Gasteiger partial charge >= 0.3 is 4.87 Å². The predicted molar refractivity (Wildman–Crippen MR) is 128 cm³/mol. The molecule has 0 radical (unpaired) electrons.